The fourth-order valence-corrected chi connectivity index (χ4v) is 1.58. The lowest BCUT2D eigenvalue weighted by atomic mass is 10.0. The van der Waals surface area contributed by atoms with Crippen LogP contribution < -0.4 is 0 Å². The van der Waals surface area contributed by atoms with Crippen molar-refractivity contribution in [3.63, 3.8) is 0 Å². The van der Waals surface area contributed by atoms with Crippen molar-refractivity contribution in [3.05, 3.63) is 71.8 Å². The molecule has 0 aliphatic heterocycles. The van der Waals surface area contributed by atoms with E-state index >= 15 is 0 Å². The quantitative estimate of drug-likeness (QED) is 0.721. The predicted molar refractivity (Wildman–Crippen MR) is 73.8 cm³/mol. The standard InChI is InChI=1S/C14H14.ClOP/c1-3-7-13(8-4-1)11-12-14-9-5-2-6-10-14;1-3-2/h1-10H,11-12H2;. The summed E-state index contributed by atoms with van der Waals surface area (Å²) in [4.78, 5) is 0. The summed E-state index contributed by atoms with van der Waals surface area (Å²) in [7, 11) is -0.361. The lowest BCUT2D eigenvalue weighted by Gasteiger charge is -2.01. The molecule has 1 nitrogen and oxygen atoms in total. The summed E-state index contributed by atoms with van der Waals surface area (Å²) in [6.07, 6.45) is 2.26. The molecule has 0 aliphatic carbocycles. The van der Waals surface area contributed by atoms with Crippen LogP contribution >= 0.6 is 19.1 Å². The first-order valence-electron chi connectivity index (χ1n) is 5.38. The molecule has 0 radical (unpaired) electrons. The minimum absolute atomic E-state index is 0.361. The third kappa shape index (κ3) is 6.21. The monoisotopic (exact) mass is 264 g/mol. The molecular weight excluding hydrogens is 251 g/mol. The molecule has 0 atom stereocenters. The third-order valence-corrected chi connectivity index (χ3v) is 2.39. The molecule has 0 amide bonds. The summed E-state index contributed by atoms with van der Waals surface area (Å²) < 4.78 is 8.67. The highest BCUT2D eigenvalue weighted by molar-refractivity contribution is 7.57. The van der Waals surface area contributed by atoms with E-state index in [1.54, 1.807) is 0 Å². The summed E-state index contributed by atoms with van der Waals surface area (Å²) >= 11 is 4.42. The third-order valence-electron chi connectivity index (χ3n) is 2.39. The Labute approximate surface area is 108 Å². The van der Waals surface area contributed by atoms with Crippen LogP contribution in [0.3, 0.4) is 0 Å². The lowest BCUT2D eigenvalue weighted by molar-refractivity contribution is 0.605. The first-order valence-corrected chi connectivity index (χ1v) is 7.10. The van der Waals surface area contributed by atoms with Crippen LogP contribution in [0.5, 0.6) is 0 Å². The lowest BCUT2D eigenvalue weighted by Crippen LogP contribution is -1.89. The van der Waals surface area contributed by atoms with Gasteiger partial charge in [-0.05, 0) is 35.2 Å². The molecule has 88 valence electrons. The second-order valence-electron chi connectivity index (χ2n) is 3.54. The van der Waals surface area contributed by atoms with E-state index in [1.807, 2.05) is 0 Å². The average molecular weight is 265 g/mol. The molecule has 0 unspecified atom stereocenters. The van der Waals surface area contributed by atoms with Crippen LogP contribution in [-0.2, 0) is 17.4 Å². The minimum Gasteiger partial charge on any atom is -0.256 e. The van der Waals surface area contributed by atoms with Crippen molar-refractivity contribution in [1.82, 2.24) is 0 Å². The van der Waals surface area contributed by atoms with Gasteiger partial charge in [0.25, 0.3) is 7.81 Å². The van der Waals surface area contributed by atoms with Crippen LogP contribution in [-0.4, -0.2) is 0 Å². The fraction of sp³-hybridized carbons (Fsp3) is 0.143. The van der Waals surface area contributed by atoms with Crippen molar-refractivity contribution in [2.24, 2.45) is 0 Å². The van der Waals surface area contributed by atoms with Gasteiger partial charge in [-0.25, -0.2) is 0 Å². The topological polar surface area (TPSA) is 17.1 Å². The Morgan fingerprint density at radius 2 is 1.06 bits per heavy atom. The first kappa shape index (κ1) is 13.9. The van der Waals surface area contributed by atoms with Gasteiger partial charge in [0, 0.05) is 0 Å². The Balaban J connectivity index is 0.000000437. The van der Waals surface area contributed by atoms with Crippen LogP contribution in [0.4, 0.5) is 0 Å². The molecule has 0 bridgehead atoms. The van der Waals surface area contributed by atoms with E-state index in [2.05, 4.69) is 71.9 Å². The molecule has 2 aromatic carbocycles. The maximum atomic E-state index is 8.67. The Kier molecular flexibility index (Phi) is 7.29. The summed E-state index contributed by atoms with van der Waals surface area (Å²) in [5.74, 6) is 0. The van der Waals surface area contributed by atoms with Gasteiger partial charge in [0.15, 0.2) is 0 Å². The zero-order valence-corrected chi connectivity index (χ0v) is 11.1. The van der Waals surface area contributed by atoms with Crippen LogP contribution in [0.15, 0.2) is 60.7 Å². The Bertz CT molecular complexity index is 377. The Morgan fingerprint density at radius 1 is 0.765 bits per heavy atom. The van der Waals surface area contributed by atoms with Crippen molar-refractivity contribution in [2.75, 3.05) is 0 Å². The summed E-state index contributed by atoms with van der Waals surface area (Å²) in [6.45, 7) is 0. The zero-order valence-electron chi connectivity index (χ0n) is 9.42. The molecule has 2 aromatic rings. The average Bonchev–Trinajstić information content (AvgIpc) is 2.40. The van der Waals surface area contributed by atoms with Crippen molar-refractivity contribution in [1.29, 1.82) is 0 Å². The molecule has 17 heavy (non-hydrogen) atoms. The zero-order chi connectivity index (χ0) is 12.3. The van der Waals surface area contributed by atoms with Crippen molar-refractivity contribution in [2.45, 2.75) is 12.8 Å². The summed E-state index contributed by atoms with van der Waals surface area (Å²) in [5, 5.41) is 0. The van der Waals surface area contributed by atoms with Gasteiger partial charge >= 0.3 is 0 Å². The maximum Gasteiger partial charge on any atom is 0.267 e. The van der Waals surface area contributed by atoms with Crippen LogP contribution in [0, 0.1) is 0 Å². The van der Waals surface area contributed by atoms with E-state index in [0.717, 1.165) is 12.8 Å². The number of benzene rings is 2. The highest BCUT2D eigenvalue weighted by atomic mass is 35.7. The number of rotatable bonds is 3. The second-order valence-corrected chi connectivity index (χ2v) is 4.09. The molecular formula is C14H14ClOP. The molecule has 0 heterocycles. The first-order chi connectivity index (χ1) is 8.36. The molecule has 0 saturated heterocycles. The Morgan fingerprint density at radius 3 is 1.35 bits per heavy atom. The number of aryl methyl sites for hydroxylation is 2. The van der Waals surface area contributed by atoms with E-state index in [0.29, 0.717) is 0 Å². The van der Waals surface area contributed by atoms with Crippen LogP contribution in [0.1, 0.15) is 11.1 Å². The van der Waals surface area contributed by atoms with Crippen molar-refractivity contribution < 1.29 is 4.57 Å². The molecule has 0 aliphatic rings. The van der Waals surface area contributed by atoms with E-state index in [4.69, 9.17) is 4.57 Å². The Hall–Kier alpha value is -1.17. The fourth-order valence-electron chi connectivity index (χ4n) is 1.58. The van der Waals surface area contributed by atoms with E-state index in [9.17, 15) is 0 Å². The minimum atomic E-state index is -0.361. The van der Waals surface area contributed by atoms with E-state index in [1.165, 1.54) is 11.1 Å². The second kappa shape index (κ2) is 8.92. The molecule has 0 N–H and O–H groups in total. The van der Waals surface area contributed by atoms with E-state index < -0.39 is 0 Å². The summed E-state index contributed by atoms with van der Waals surface area (Å²) in [5.41, 5.74) is 2.83. The molecule has 0 saturated carbocycles. The smallest absolute Gasteiger partial charge is 0.256 e. The molecule has 0 aromatic heterocycles. The van der Waals surface area contributed by atoms with Gasteiger partial charge in [0.05, 0.1) is 0 Å². The van der Waals surface area contributed by atoms with Gasteiger partial charge in [0.1, 0.15) is 0 Å². The number of hydrogen-bond acceptors (Lipinski definition) is 1. The van der Waals surface area contributed by atoms with Crippen molar-refractivity contribution in [3.8, 4) is 0 Å². The highest BCUT2D eigenvalue weighted by Crippen LogP contribution is 2.06. The van der Waals surface area contributed by atoms with Gasteiger partial charge in [-0.15, -0.1) is 0 Å². The normalized spacial score (nSPS) is 9.47. The van der Waals surface area contributed by atoms with Crippen LogP contribution in [0.2, 0.25) is 0 Å². The molecule has 3 heteroatoms. The molecule has 2 rings (SSSR count). The van der Waals surface area contributed by atoms with Gasteiger partial charge in [-0.2, -0.15) is 0 Å². The number of halogens is 1. The van der Waals surface area contributed by atoms with Crippen molar-refractivity contribution >= 4 is 19.1 Å². The molecule has 0 spiro atoms. The summed E-state index contributed by atoms with van der Waals surface area (Å²) in [6, 6.07) is 21.2. The largest absolute Gasteiger partial charge is 0.267 e. The molecule has 0 fully saturated rings. The maximum absolute atomic E-state index is 8.67. The van der Waals surface area contributed by atoms with Gasteiger partial charge in [-0.3, -0.25) is 4.57 Å². The highest BCUT2D eigenvalue weighted by Gasteiger charge is 1.93. The van der Waals surface area contributed by atoms with E-state index in [-0.39, 0.29) is 7.81 Å². The predicted octanol–water partition coefficient (Wildman–Crippen LogP) is 4.90. The van der Waals surface area contributed by atoms with Crippen LogP contribution in [0.25, 0.3) is 0 Å². The van der Waals surface area contributed by atoms with Gasteiger partial charge in [-0.1, -0.05) is 60.7 Å². The SMILES string of the molecule is O=PCl.c1ccc(CCc2ccccc2)cc1. The van der Waals surface area contributed by atoms with Gasteiger partial charge in [0.2, 0.25) is 0 Å². The number of hydrogen-bond donors (Lipinski definition) is 0. The van der Waals surface area contributed by atoms with Gasteiger partial charge < -0.3 is 0 Å².